The average molecular weight is 251 g/mol. The number of nitriles is 1. The van der Waals surface area contributed by atoms with Crippen molar-refractivity contribution in [2.75, 3.05) is 32.7 Å². The molecule has 1 aliphatic heterocycles. The second-order valence-corrected chi connectivity index (χ2v) is 4.97. The van der Waals surface area contributed by atoms with E-state index in [9.17, 15) is 4.79 Å². The van der Waals surface area contributed by atoms with Crippen LogP contribution in [0, 0.1) is 17.2 Å². The standard InChI is InChI=1S/C14H25N3O/c1-3-5-13(12-15)6-7-14(18)17-10-8-16(4-2)9-11-17/h13H,3-11H2,1-2H3. The molecule has 1 atom stereocenters. The first-order valence-electron chi connectivity index (χ1n) is 7.11. The highest BCUT2D eigenvalue weighted by molar-refractivity contribution is 5.76. The van der Waals surface area contributed by atoms with E-state index in [0.29, 0.717) is 6.42 Å². The number of hydrogen-bond donors (Lipinski definition) is 0. The minimum absolute atomic E-state index is 0.0517. The first-order chi connectivity index (χ1) is 8.71. The van der Waals surface area contributed by atoms with Gasteiger partial charge in [-0.2, -0.15) is 5.26 Å². The van der Waals surface area contributed by atoms with Crippen LogP contribution in [0.1, 0.15) is 39.5 Å². The van der Waals surface area contributed by atoms with E-state index in [2.05, 4.69) is 24.8 Å². The summed E-state index contributed by atoms with van der Waals surface area (Å²) in [6.45, 7) is 8.96. The number of piperazine rings is 1. The van der Waals surface area contributed by atoms with E-state index in [-0.39, 0.29) is 11.8 Å². The van der Waals surface area contributed by atoms with Crippen molar-refractivity contribution in [3.05, 3.63) is 0 Å². The van der Waals surface area contributed by atoms with Gasteiger partial charge in [-0.25, -0.2) is 0 Å². The summed E-state index contributed by atoms with van der Waals surface area (Å²) in [5.74, 6) is 0.276. The van der Waals surface area contributed by atoms with Gasteiger partial charge in [0.15, 0.2) is 0 Å². The maximum atomic E-state index is 12.0. The Kier molecular flexibility index (Phi) is 6.74. The van der Waals surface area contributed by atoms with Crippen molar-refractivity contribution < 1.29 is 4.79 Å². The molecule has 4 nitrogen and oxygen atoms in total. The fraction of sp³-hybridized carbons (Fsp3) is 0.857. The average Bonchev–Trinajstić information content (AvgIpc) is 2.43. The largest absolute Gasteiger partial charge is 0.340 e. The van der Waals surface area contributed by atoms with Gasteiger partial charge in [-0.1, -0.05) is 20.3 Å². The zero-order valence-corrected chi connectivity index (χ0v) is 11.7. The SMILES string of the molecule is CCCC(C#N)CCC(=O)N1CCN(CC)CC1. The first kappa shape index (κ1) is 15.0. The van der Waals surface area contributed by atoms with Gasteiger partial charge in [-0.05, 0) is 19.4 Å². The van der Waals surface area contributed by atoms with Crippen molar-refractivity contribution in [3.8, 4) is 6.07 Å². The number of hydrogen-bond acceptors (Lipinski definition) is 3. The van der Waals surface area contributed by atoms with Crippen molar-refractivity contribution in [2.45, 2.75) is 39.5 Å². The van der Waals surface area contributed by atoms with Crippen molar-refractivity contribution in [1.29, 1.82) is 5.26 Å². The molecule has 0 aromatic heterocycles. The smallest absolute Gasteiger partial charge is 0.222 e. The van der Waals surface area contributed by atoms with Gasteiger partial charge >= 0.3 is 0 Å². The van der Waals surface area contributed by atoms with E-state index in [0.717, 1.165) is 52.0 Å². The van der Waals surface area contributed by atoms with Crippen molar-refractivity contribution in [1.82, 2.24) is 9.80 Å². The number of amides is 1. The van der Waals surface area contributed by atoms with Crippen LogP contribution >= 0.6 is 0 Å². The molecule has 0 saturated carbocycles. The van der Waals surface area contributed by atoms with E-state index in [1.807, 2.05) is 4.90 Å². The molecule has 1 saturated heterocycles. The van der Waals surface area contributed by atoms with E-state index < -0.39 is 0 Å². The normalized spacial score (nSPS) is 18.4. The van der Waals surface area contributed by atoms with Crippen LogP contribution in [0.5, 0.6) is 0 Å². The third kappa shape index (κ3) is 4.66. The van der Waals surface area contributed by atoms with Crippen LogP contribution in [0.15, 0.2) is 0 Å². The molecule has 18 heavy (non-hydrogen) atoms. The van der Waals surface area contributed by atoms with E-state index in [1.54, 1.807) is 0 Å². The molecular weight excluding hydrogens is 226 g/mol. The maximum Gasteiger partial charge on any atom is 0.222 e. The summed E-state index contributed by atoms with van der Waals surface area (Å²) >= 11 is 0. The number of likely N-dealkylation sites (N-methyl/N-ethyl adjacent to an activating group) is 1. The molecule has 0 aromatic carbocycles. The van der Waals surface area contributed by atoms with Gasteiger partial charge in [-0.15, -0.1) is 0 Å². The second-order valence-electron chi connectivity index (χ2n) is 4.97. The van der Waals surface area contributed by atoms with Gasteiger partial charge in [-0.3, -0.25) is 4.79 Å². The van der Waals surface area contributed by atoms with Crippen LogP contribution in [-0.4, -0.2) is 48.4 Å². The molecule has 1 rings (SSSR count). The Labute approximate surface area is 111 Å². The topological polar surface area (TPSA) is 47.3 Å². The van der Waals surface area contributed by atoms with Crippen LogP contribution in [0.3, 0.4) is 0 Å². The van der Waals surface area contributed by atoms with Gasteiger partial charge in [0, 0.05) is 38.5 Å². The highest BCUT2D eigenvalue weighted by Gasteiger charge is 2.20. The number of carbonyl (C=O) groups is 1. The van der Waals surface area contributed by atoms with E-state index in [1.165, 1.54) is 0 Å². The Bertz CT molecular complexity index is 290. The summed E-state index contributed by atoms with van der Waals surface area (Å²) in [5, 5.41) is 8.97. The van der Waals surface area contributed by atoms with Gasteiger partial charge in [0.1, 0.15) is 0 Å². The van der Waals surface area contributed by atoms with Crippen LogP contribution in [0.2, 0.25) is 0 Å². The van der Waals surface area contributed by atoms with Crippen LogP contribution < -0.4 is 0 Å². The molecular formula is C14H25N3O. The Morgan fingerprint density at radius 3 is 2.39 bits per heavy atom. The minimum atomic E-state index is 0.0517. The second kappa shape index (κ2) is 8.10. The predicted octanol–water partition coefficient (Wildman–Crippen LogP) is 1.87. The lowest BCUT2D eigenvalue weighted by molar-refractivity contribution is -0.133. The zero-order valence-electron chi connectivity index (χ0n) is 11.7. The third-order valence-corrected chi connectivity index (χ3v) is 3.70. The summed E-state index contributed by atoms with van der Waals surface area (Å²) < 4.78 is 0. The molecule has 1 fully saturated rings. The molecule has 1 amide bonds. The molecule has 102 valence electrons. The fourth-order valence-corrected chi connectivity index (χ4v) is 2.39. The van der Waals surface area contributed by atoms with Crippen molar-refractivity contribution in [3.63, 3.8) is 0 Å². The molecule has 0 N–H and O–H groups in total. The Balaban J connectivity index is 2.27. The monoisotopic (exact) mass is 251 g/mol. The first-order valence-corrected chi connectivity index (χ1v) is 7.11. The quantitative estimate of drug-likeness (QED) is 0.724. The van der Waals surface area contributed by atoms with Gasteiger partial charge in [0.05, 0.1) is 6.07 Å². The molecule has 0 bridgehead atoms. The molecule has 0 aromatic rings. The lowest BCUT2D eigenvalue weighted by Gasteiger charge is -2.34. The van der Waals surface area contributed by atoms with Gasteiger partial charge < -0.3 is 9.80 Å². The minimum Gasteiger partial charge on any atom is -0.340 e. The molecule has 0 aliphatic carbocycles. The summed E-state index contributed by atoms with van der Waals surface area (Å²) in [4.78, 5) is 16.3. The van der Waals surface area contributed by atoms with Crippen LogP contribution in [-0.2, 0) is 4.79 Å². The fourth-order valence-electron chi connectivity index (χ4n) is 2.39. The van der Waals surface area contributed by atoms with Crippen molar-refractivity contribution in [2.24, 2.45) is 5.92 Å². The summed E-state index contributed by atoms with van der Waals surface area (Å²) in [6.07, 6.45) is 3.18. The molecule has 4 heteroatoms. The summed E-state index contributed by atoms with van der Waals surface area (Å²) in [5.41, 5.74) is 0. The van der Waals surface area contributed by atoms with Crippen molar-refractivity contribution >= 4 is 5.91 Å². The third-order valence-electron chi connectivity index (χ3n) is 3.70. The molecule has 1 aliphatic rings. The Hall–Kier alpha value is -1.08. The Morgan fingerprint density at radius 1 is 1.22 bits per heavy atom. The number of carbonyl (C=O) groups excluding carboxylic acids is 1. The van der Waals surface area contributed by atoms with Gasteiger partial charge in [0.25, 0.3) is 0 Å². The number of rotatable bonds is 6. The highest BCUT2D eigenvalue weighted by Crippen LogP contribution is 2.14. The molecule has 0 spiro atoms. The summed E-state index contributed by atoms with van der Waals surface area (Å²) in [6, 6.07) is 2.30. The molecule has 0 radical (unpaired) electrons. The lowest BCUT2D eigenvalue weighted by Crippen LogP contribution is -2.48. The van der Waals surface area contributed by atoms with Crippen LogP contribution in [0.25, 0.3) is 0 Å². The Morgan fingerprint density at radius 2 is 1.89 bits per heavy atom. The lowest BCUT2D eigenvalue weighted by atomic mass is 9.99. The maximum absolute atomic E-state index is 12.0. The zero-order chi connectivity index (χ0) is 13.4. The predicted molar refractivity (Wildman–Crippen MR) is 71.9 cm³/mol. The summed E-state index contributed by atoms with van der Waals surface area (Å²) in [7, 11) is 0. The van der Waals surface area contributed by atoms with Gasteiger partial charge in [0.2, 0.25) is 5.91 Å². The number of nitrogens with zero attached hydrogens (tertiary/aromatic N) is 3. The van der Waals surface area contributed by atoms with Crippen LogP contribution in [0.4, 0.5) is 0 Å². The molecule has 1 heterocycles. The highest BCUT2D eigenvalue weighted by atomic mass is 16.2. The van der Waals surface area contributed by atoms with E-state index >= 15 is 0 Å². The molecule has 1 unspecified atom stereocenters. The van der Waals surface area contributed by atoms with E-state index in [4.69, 9.17) is 5.26 Å².